The fraction of sp³-hybridized carbons (Fsp3) is 0.241. The normalized spacial score (nSPS) is 15.5. The summed E-state index contributed by atoms with van der Waals surface area (Å²) in [4.78, 5) is 28.0. The topological polar surface area (TPSA) is 93.4 Å². The van der Waals surface area contributed by atoms with E-state index >= 15 is 0 Å². The van der Waals surface area contributed by atoms with Gasteiger partial charge < -0.3 is 4.90 Å². The number of carbonyl (C=O) groups excluding carboxylic acids is 1. The van der Waals surface area contributed by atoms with E-state index in [9.17, 15) is 18.0 Å². The van der Waals surface area contributed by atoms with Crippen molar-refractivity contribution in [2.45, 2.75) is 24.7 Å². The highest BCUT2D eigenvalue weighted by Gasteiger charge is 2.28. The van der Waals surface area contributed by atoms with Crippen LogP contribution in [0.5, 0.6) is 0 Å². The number of rotatable bonds is 7. The number of aromatic nitrogens is 2. The number of carbonyl (C=O) groups is 1. The molecule has 0 spiro atoms. The van der Waals surface area contributed by atoms with Crippen molar-refractivity contribution in [3.8, 4) is 5.69 Å². The standard InChI is InChI=1S/C29H29BrN4O4S/c1-20-27(29(36)34(32(20)2)25-6-4-3-5-7-25)31-39(37,38)26-14-10-23(11-15-26)28(35)33-17-16-22(19-33)18-21-8-12-24(30)13-9-21/h3-15,22,31H,16-19H2,1-2H3. The maximum Gasteiger partial charge on any atom is 0.296 e. The second-order valence-corrected chi connectivity index (χ2v) is 12.4. The van der Waals surface area contributed by atoms with E-state index in [1.807, 2.05) is 35.2 Å². The van der Waals surface area contributed by atoms with Gasteiger partial charge in [-0.3, -0.25) is 19.0 Å². The quantitative estimate of drug-likeness (QED) is 0.327. The fourth-order valence-corrected chi connectivity index (χ4v) is 6.36. The van der Waals surface area contributed by atoms with E-state index in [0.717, 1.165) is 17.3 Å². The molecular weight excluding hydrogens is 580 g/mol. The molecule has 202 valence electrons. The van der Waals surface area contributed by atoms with Gasteiger partial charge in [0.1, 0.15) is 5.69 Å². The van der Waals surface area contributed by atoms with Crippen molar-refractivity contribution in [2.24, 2.45) is 13.0 Å². The number of nitrogens with one attached hydrogen (secondary N) is 1. The van der Waals surface area contributed by atoms with E-state index in [1.165, 1.54) is 34.5 Å². The van der Waals surface area contributed by atoms with Crippen LogP contribution in [0.4, 0.5) is 5.69 Å². The van der Waals surface area contributed by atoms with Crippen molar-refractivity contribution in [2.75, 3.05) is 17.8 Å². The van der Waals surface area contributed by atoms with Crippen LogP contribution in [0.2, 0.25) is 0 Å². The predicted molar refractivity (Wildman–Crippen MR) is 155 cm³/mol. The molecule has 1 amide bonds. The van der Waals surface area contributed by atoms with Gasteiger partial charge in [0.15, 0.2) is 0 Å². The molecular formula is C29H29BrN4O4S. The second-order valence-electron chi connectivity index (χ2n) is 9.80. The summed E-state index contributed by atoms with van der Waals surface area (Å²) in [6.07, 6.45) is 1.83. The van der Waals surface area contributed by atoms with E-state index in [-0.39, 0.29) is 16.5 Å². The molecule has 1 aromatic heterocycles. The van der Waals surface area contributed by atoms with Gasteiger partial charge in [0, 0.05) is 30.2 Å². The largest absolute Gasteiger partial charge is 0.338 e. The SMILES string of the molecule is Cc1c(NS(=O)(=O)c2ccc(C(=O)N3CCC(Cc4ccc(Br)cc4)C3)cc2)c(=O)n(-c2ccccc2)n1C. The molecule has 1 unspecified atom stereocenters. The van der Waals surface area contributed by atoms with Crippen molar-refractivity contribution in [3.05, 3.63) is 111 Å². The van der Waals surface area contributed by atoms with Crippen LogP contribution in [0.15, 0.2) is 93.0 Å². The molecule has 1 aliphatic heterocycles. The lowest BCUT2D eigenvalue weighted by Gasteiger charge is -2.17. The zero-order valence-electron chi connectivity index (χ0n) is 21.7. The Kier molecular flexibility index (Phi) is 7.51. The van der Waals surface area contributed by atoms with Crippen molar-refractivity contribution < 1.29 is 13.2 Å². The zero-order chi connectivity index (χ0) is 27.7. The number of likely N-dealkylation sites (tertiary alicyclic amines) is 1. The monoisotopic (exact) mass is 608 g/mol. The number of hydrogen-bond acceptors (Lipinski definition) is 4. The molecule has 1 N–H and O–H groups in total. The van der Waals surface area contributed by atoms with Crippen LogP contribution < -0.4 is 10.3 Å². The second kappa shape index (κ2) is 10.9. The number of para-hydroxylation sites is 1. The van der Waals surface area contributed by atoms with Gasteiger partial charge in [0.05, 0.1) is 16.3 Å². The van der Waals surface area contributed by atoms with Gasteiger partial charge in [-0.05, 0) is 79.8 Å². The van der Waals surface area contributed by atoms with Crippen LogP contribution >= 0.6 is 15.9 Å². The number of hydrogen-bond donors (Lipinski definition) is 1. The van der Waals surface area contributed by atoms with Gasteiger partial charge in [-0.2, -0.15) is 0 Å². The first-order valence-corrected chi connectivity index (χ1v) is 14.9. The van der Waals surface area contributed by atoms with E-state index in [1.54, 1.807) is 30.8 Å². The van der Waals surface area contributed by atoms with Gasteiger partial charge in [-0.15, -0.1) is 0 Å². The first-order valence-electron chi connectivity index (χ1n) is 12.6. The number of sulfonamides is 1. The summed E-state index contributed by atoms with van der Waals surface area (Å²) in [5.41, 5.74) is 2.29. The third-order valence-electron chi connectivity index (χ3n) is 7.21. The van der Waals surface area contributed by atoms with Crippen LogP contribution in [0, 0.1) is 12.8 Å². The minimum absolute atomic E-state index is 0.0182. The minimum atomic E-state index is -4.06. The molecule has 1 atom stereocenters. The minimum Gasteiger partial charge on any atom is -0.338 e. The lowest BCUT2D eigenvalue weighted by Crippen LogP contribution is -2.29. The lowest BCUT2D eigenvalue weighted by atomic mass is 9.99. The molecule has 4 aromatic rings. The van der Waals surface area contributed by atoms with E-state index in [0.29, 0.717) is 36.0 Å². The number of anilines is 1. The summed E-state index contributed by atoms with van der Waals surface area (Å²) in [5, 5.41) is 0. The van der Waals surface area contributed by atoms with Crippen molar-refractivity contribution in [1.82, 2.24) is 14.3 Å². The van der Waals surface area contributed by atoms with E-state index in [2.05, 4.69) is 32.8 Å². The van der Waals surface area contributed by atoms with Crippen LogP contribution in [0.3, 0.4) is 0 Å². The Bertz CT molecular complexity index is 1660. The predicted octanol–water partition coefficient (Wildman–Crippen LogP) is 4.75. The zero-order valence-corrected chi connectivity index (χ0v) is 24.1. The van der Waals surface area contributed by atoms with Crippen LogP contribution in [0.1, 0.15) is 28.0 Å². The third kappa shape index (κ3) is 5.58. The molecule has 0 aliphatic carbocycles. The maximum absolute atomic E-state index is 13.2. The Morgan fingerprint density at radius 2 is 1.67 bits per heavy atom. The highest BCUT2D eigenvalue weighted by atomic mass is 79.9. The van der Waals surface area contributed by atoms with Gasteiger partial charge in [-0.1, -0.05) is 46.3 Å². The first-order chi connectivity index (χ1) is 18.6. The molecule has 5 rings (SSSR count). The molecule has 1 fully saturated rings. The Labute approximate surface area is 236 Å². The molecule has 10 heteroatoms. The van der Waals surface area contributed by atoms with Crippen LogP contribution in [0.25, 0.3) is 5.69 Å². The summed E-state index contributed by atoms with van der Waals surface area (Å²) in [7, 11) is -2.36. The molecule has 1 aliphatic rings. The van der Waals surface area contributed by atoms with Crippen LogP contribution in [-0.4, -0.2) is 41.7 Å². The summed E-state index contributed by atoms with van der Waals surface area (Å²) in [6, 6.07) is 23.1. The van der Waals surface area contributed by atoms with Gasteiger partial charge in [-0.25, -0.2) is 13.1 Å². The van der Waals surface area contributed by atoms with Crippen LogP contribution in [-0.2, 0) is 23.5 Å². The number of amides is 1. The molecule has 0 bridgehead atoms. The molecule has 39 heavy (non-hydrogen) atoms. The Balaban J connectivity index is 1.28. The molecule has 0 radical (unpaired) electrons. The highest BCUT2D eigenvalue weighted by molar-refractivity contribution is 9.10. The third-order valence-corrected chi connectivity index (χ3v) is 9.11. The first kappa shape index (κ1) is 27.0. The number of halogens is 1. The Hall–Kier alpha value is -3.63. The number of benzene rings is 3. The summed E-state index contributed by atoms with van der Waals surface area (Å²) < 4.78 is 32.9. The molecule has 2 heterocycles. The summed E-state index contributed by atoms with van der Waals surface area (Å²) in [6.45, 7) is 3.01. The fourth-order valence-electron chi connectivity index (χ4n) is 4.98. The van der Waals surface area contributed by atoms with Crippen molar-refractivity contribution in [3.63, 3.8) is 0 Å². The highest BCUT2D eigenvalue weighted by Crippen LogP contribution is 2.24. The Morgan fingerprint density at radius 3 is 2.33 bits per heavy atom. The maximum atomic E-state index is 13.2. The van der Waals surface area contributed by atoms with E-state index in [4.69, 9.17) is 0 Å². The molecule has 0 saturated carbocycles. The van der Waals surface area contributed by atoms with E-state index < -0.39 is 15.6 Å². The van der Waals surface area contributed by atoms with Gasteiger partial charge >= 0.3 is 0 Å². The lowest BCUT2D eigenvalue weighted by molar-refractivity contribution is 0.0787. The average molecular weight is 610 g/mol. The van der Waals surface area contributed by atoms with Crippen molar-refractivity contribution in [1.29, 1.82) is 0 Å². The molecule has 3 aromatic carbocycles. The molecule has 8 nitrogen and oxygen atoms in total. The molecule has 1 saturated heterocycles. The Morgan fingerprint density at radius 1 is 1.00 bits per heavy atom. The van der Waals surface area contributed by atoms with Gasteiger partial charge in [0.25, 0.3) is 21.5 Å². The summed E-state index contributed by atoms with van der Waals surface area (Å²) in [5.74, 6) is 0.267. The van der Waals surface area contributed by atoms with Gasteiger partial charge in [0.2, 0.25) is 0 Å². The smallest absolute Gasteiger partial charge is 0.296 e. The van der Waals surface area contributed by atoms with Crippen molar-refractivity contribution >= 4 is 37.5 Å². The number of nitrogens with zero attached hydrogens (tertiary/aromatic N) is 3. The average Bonchev–Trinajstić information content (AvgIpc) is 3.48. The summed E-state index contributed by atoms with van der Waals surface area (Å²) >= 11 is 3.45.